The minimum Gasteiger partial charge on any atom is -0.199 e. The van der Waals surface area contributed by atoms with Crippen molar-refractivity contribution in [2.45, 2.75) is 47.4 Å². The van der Waals surface area contributed by atoms with Crippen LogP contribution in [-0.2, 0) is 0 Å². The molecule has 2 aliphatic carbocycles. The molecule has 154 valence electrons. The van der Waals surface area contributed by atoms with Gasteiger partial charge in [0, 0.05) is 0 Å². The second-order valence-electron chi connectivity index (χ2n) is 5.74. The van der Waals surface area contributed by atoms with Gasteiger partial charge in [0.25, 0.3) is 0 Å². The molecule has 0 aromatic rings. The van der Waals surface area contributed by atoms with E-state index < -0.39 is 59.2 Å². The number of fused-ring (bicyclic) bond motifs is 1. The summed E-state index contributed by atoms with van der Waals surface area (Å²) in [4.78, 5) is 0. The Bertz CT molecular complexity index is 509. The first-order valence-electron chi connectivity index (χ1n) is 6.01. The van der Waals surface area contributed by atoms with Crippen molar-refractivity contribution < 1.29 is 70.2 Å². The third kappa shape index (κ3) is 1.67. The van der Waals surface area contributed by atoms with Gasteiger partial charge < -0.3 is 0 Å². The summed E-state index contributed by atoms with van der Waals surface area (Å²) in [7, 11) is 0. The first-order valence-corrected chi connectivity index (χ1v) is 6.01. The Kier molecular flexibility index (Phi) is 3.64. The SMILES string of the molecule is FC1(F)C2C(C(F)(F)C(F)(F)C1(F)F)C(F)(F)C(F)(F)C(F)(F)C2(F)F. The van der Waals surface area contributed by atoms with Gasteiger partial charge in [-0.3, -0.25) is 0 Å². The standard InChI is InChI=1S/C10H2F16/c11-3(12)1-2(5(15,16)9(23,24)7(3,19)20)6(17,18)10(25,26)8(21,22)4(1,13)14/h1-2H. The Labute approximate surface area is 131 Å². The maximum Gasteiger partial charge on any atom is 0.378 e. The van der Waals surface area contributed by atoms with Gasteiger partial charge in [0.1, 0.15) is 11.8 Å². The fraction of sp³-hybridized carbons (Fsp3) is 1.00. The Morgan fingerprint density at radius 3 is 0.500 bits per heavy atom. The summed E-state index contributed by atoms with van der Waals surface area (Å²) in [5.41, 5.74) is 0. The Balaban J connectivity index is 2.99. The van der Waals surface area contributed by atoms with Gasteiger partial charge in [-0.05, 0) is 0 Å². The van der Waals surface area contributed by atoms with Crippen LogP contribution in [0.1, 0.15) is 0 Å². The van der Waals surface area contributed by atoms with E-state index in [0.29, 0.717) is 0 Å². The molecular formula is C10H2F16. The zero-order chi connectivity index (χ0) is 21.2. The van der Waals surface area contributed by atoms with E-state index >= 15 is 0 Å². The Morgan fingerprint density at radius 1 is 0.269 bits per heavy atom. The van der Waals surface area contributed by atoms with E-state index in [1.54, 1.807) is 0 Å². The van der Waals surface area contributed by atoms with Crippen LogP contribution >= 0.6 is 0 Å². The van der Waals surface area contributed by atoms with Gasteiger partial charge in [-0.1, -0.05) is 0 Å². The molecule has 2 rings (SSSR count). The second kappa shape index (κ2) is 4.47. The summed E-state index contributed by atoms with van der Waals surface area (Å²) in [5, 5.41) is 0. The fourth-order valence-corrected chi connectivity index (χ4v) is 2.91. The molecule has 0 aromatic heterocycles. The van der Waals surface area contributed by atoms with Crippen molar-refractivity contribution in [1.29, 1.82) is 0 Å². The second-order valence-corrected chi connectivity index (χ2v) is 5.74. The van der Waals surface area contributed by atoms with E-state index in [0.717, 1.165) is 0 Å². The molecule has 0 bridgehead atoms. The highest BCUT2D eigenvalue weighted by molar-refractivity contribution is 5.27. The molecule has 0 spiro atoms. The van der Waals surface area contributed by atoms with Gasteiger partial charge in [-0.2, -0.15) is 70.2 Å². The summed E-state index contributed by atoms with van der Waals surface area (Å²) in [6, 6.07) is 0. The summed E-state index contributed by atoms with van der Waals surface area (Å²) >= 11 is 0. The first kappa shape index (κ1) is 21.2. The smallest absolute Gasteiger partial charge is 0.199 e. The molecule has 2 fully saturated rings. The molecular weight excluding hydrogens is 424 g/mol. The van der Waals surface area contributed by atoms with E-state index in [4.69, 9.17) is 0 Å². The molecule has 26 heavy (non-hydrogen) atoms. The van der Waals surface area contributed by atoms with Gasteiger partial charge in [0.15, 0.2) is 0 Å². The van der Waals surface area contributed by atoms with Crippen molar-refractivity contribution in [2.24, 2.45) is 11.8 Å². The predicted molar refractivity (Wildman–Crippen MR) is 46.6 cm³/mol. The molecule has 2 saturated carbocycles. The van der Waals surface area contributed by atoms with E-state index in [-0.39, 0.29) is 0 Å². The minimum atomic E-state index is -7.55. The van der Waals surface area contributed by atoms with Crippen LogP contribution in [0.15, 0.2) is 0 Å². The Hall–Kier alpha value is -1.12. The normalized spacial score (nSPS) is 39.7. The maximum atomic E-state index is 13.4. The molecule has 0 N–H and O–H groups in total. The molecule has 0 saturated heterocycles. The predicted octanol–water partition coefficient (Wildman–Crippen LogP) is 5.33. The van der Waals surface area contributed by atoms with Crippen molar-refractivity contribution in [3.05, 3.63) is 0 Å². The van der Waals surface area contributed by atoms with Gasteiger partial charge >= 0.3 is 47.4 Å². The van der Waals surface area contributed by atoms with Crippen LogP contribution in [0.4, 0.5) is 70.2 Å². The summed E-state index contributed by atoms with van der Waals surface area (Å²) in [5.74, 6) is -71.4. The lowest BCUT2D eigenvalue weighted by Gasteiger charge is -2.58. The first-order chi connectivity index (χ1) is 11.0. The van der Waals surface area contributed by atoms with E-state index in [1.165, 1.54) is 0 Å². The highest BCUT2D eigenvalue weighted by atomic mass is 19.4. The van der Waals surface area contributed by atoms with Gasteiger partial charge in [0.05, 0.1) is 0 Å². The van der Waals surface area contributed by atoms with Crippen molar-refractivity contribution in [3.63, 3.8) is 0 Å². The van der Waals surface area contributed by atoms with Gasteiger partial charge in [-0.15, -0.1) is 0 Å². The van der Waals surface area contributed by atoms with E-state index in [9.17, 15) is 70.2 Å². The van der Waals surface area contributed by atoms with Crippen LogP contribution in [0.3, 0.4) is 0 Å². The van der Waals surface area contributed by atoms with Crippen molar-refractivity contribution in [2.75, 3.05) is 0 Å². The molecule has 0 amide bonds. The summed E-state index contributed by atoms with van der Waals surface area (Å²) < 4.78 is 212. The Morgan fingerprint density at radius 2 is 0.385 bits per heavy atom. The average molecular weight is 426 g/mol. The number of hydrogen-bond donors (Lipinski definition) is 0. The van der Waals surface area contributed by atoms with Crippen LogP contribution in [-0.4, -0.2) is 47.4 Å². The van der Waals surface area contributed by atoms with E-state index in [2.05, 4.69) is 0 Å². The van der Waals surface area contributed by atoms with Crippen LogP contribution < -0.4 is 0 Å². The average Bonchev–Trinajstić information content (AvgIpc) is 2.39. The molecule has 0 nitrogen and oxygen atoms in total. The molecule has 0 unspecified atom stereocenters. The van der Waals surface area contributed by atoms with Crippen LogP contribution in [0.2, 0.25) is 0 Å². The number of rotatable bonds is 0. The minimum absolute atomic E-state index is 5.94. The monoisotopic (exact) mass is 426 g/mol. The lowest BCUT2D eigenvalue weighted by molar-refractivity contribution is -0.513. The third-order valence-corrected chi connectivity index (χ3v) is 4.36. The molecule has 16 heteroatoms. The highest BCUT2D eigenvalue weighted by Crippen LogP contribution is 2.75. The number of alkyl halides is 16. The summed E-state index contributed by atoms with van der Waals surface area (Å²) in [6.07, 6.45) is 0. The van der Waals surface area contributed by atoms with Crippen molar-refractivity contribution in [1.82, 2.24) is 0 Å². The van der Waals surface area contributed by atoms with Crippen LogP contribution in [0.25, 0.3) is 0 Å². The molecule has 2 aliphatic rings. The number of halogens is 16. The van der Waals surface area contributed by atoms with Crippen molar-refractivity contribution in [3.8, 4) is 0 Å². The molecule has 0 radical (unpaired) electrons. The largest absolute Gasteiger partial charge is 0.378 e. The molecule has 0 atom stereocenters. The van der Waals surface area contributed by atoms with Crippen LogP contribution in [0.5, 0.6) is 0 Å². The topological polar surface area (TPSA) is 0 Å². The quantitative estimate of drug-likeness (QED) is 0.460. The zero-order valence-corrected chi connectivity index (χ0v) is 11.2. The number of hydrogen-bond acceptors (Lipinski definition) is 0. The van der Waals surface area contributed by atoms with Gasteiger partial charge in [0.2, 0.25) is 0 Å². The molecule has 0 heterocycles. The molecule has 0 aliphatic heterocycles. The fourth-order valence-electron chi connectivity index (χ4n) is 2.91. The van der Waals surface area contributed by atoms with Crippen LogP contribution in [0, 0.1) is 11.8 Å². The summed E-state index contributed by atoms with van der Waals surface area (Å²) in [6.45, 7) is 0. The van der Waals surface area contributed by atoms with Crippen molar-refractivity contribution >= 4 is 0 Å². The third-order valence-electron chi connectivity index (χ3n) is 4.36. The zero-order valence-electron chi connectivity index (χ0n) is 11.2. The van der Waals surface area contributed by atoms with Gasteiger partial charge in [-0.25, -0.2) is 0 Å². The molecule has 0 aromatic carbocycles. The lowest BCUT2D eigenvalue weighted by atomic mass is 9.58. The lowest BCUT2D eigenvalue weighted by Crippen LogP contribution is -2.85. The van der Waals surface area contributed by atoms with E-state index in [1.807, 2.05) is 0 Å². The maximum absolute atomic E-state index is 13.4. The highest BCUT2D eigenvalue weighted by Gasteiger charge is 3.02.